The van der Waals surface area contributed by atoms with Crippen molar-refractivity contribution in [2.24, 2.45) is 0 Å². The summed E-state index contributed by atoms with van der Waals surface area (Å²) in [6.07, 6.45) is 0. The van der Waals surface area contributed by atoms with Gasteiger partial charge < -0.3 is 10.1 Å². The molecule has 0 saturated carbocycles. The molecule has 2 N–H and O–H groups in total. The summed E-state index contributed by atoms with van der Waals surface area (Å²) in [5.41, 5.74) is 1.82. The highest BCUT2D eigenvalue weighted by atomic mass is 32.2. The van der Waals surface area contributed by atoms with Crippen LogP contribution in [0, 0.1) is 0 Å². The molecule has 8 heteroatoms. The summed E-state index contributed by atoms with van der Waals surface area (Å²) in [7, 11) is -2.59. The number of sulfonamides is 1. The van der Waals surface area contributed by atoms with Gasteiger partial charge >= 0.3 is 0 Å². The quantitative estimate of drug-likeness (QED) is 0.523. The van der Waals surface area contributed by atoms with E-state index in [1.54, 1.807) is 36.4 Å². The van der Waals surface area contributed by atoms with E-state index < -0.39 is 15.9 Å². The lowest BCUT2D eigenvalue weighted by Crippen LogP contribution is -2.24. The van der Waals surface area contributed by atoms with Gasteiger partial charge in [-0.25, -0.2) is 13.1 Å². The number of carbonyl (C=O) groups excluding carboxylic acids is 2. The Morgan fingerprint density at radius 3 is 2.32 bits per heavy atom. The molecule has 0 heterocycles. The third kappa shape index (κ3) is 5.56. The maximum atomic E-state index is 12.9. The van der Waals surface area contributed by atoms with Gasteiger partial charge in [-0.3, -0.25) is 9.59 Å². The van der Waals surface area contributed by atoms with Crippen molar-refractivity contribution in [1.29, 1.82) is 0 Å². The van der Waals surface area contributed by atoms with Crippen molar-refractivity contribution in [3.05, 3.63) is 89.5 Å². The highest BCUT2D eigenvalue weighted by Crippen LogP contribution is 2.25. The van der Waals surface area contributed by atoms with Gasteiger partial charge in [-0.2, -0.15) is 0 Å². The van der Waals surface area contributed by atoms with Crippen LogP contribution in [0.3, 0.4) is 0 Å². The van der Waals surface area contributed by atoms with Gasteiger partial charge in [-0.1, -0.05) is 42.5 Å². The van der Waals surface area contributed by atoms with Crippen molar-refractivity contribution in [3.8, 4) is 5.75 Å². The Bertz CT molecular complexity index is 1210. The zero-order valence-electron chi connectivity index (χ0n) is 17.1. The Morgan fingerprint density at radius 1 is 0.903 bits per heavy atom. The first kappa shape index (κ1) is 22.2. The predicted molar refractivity (Wildman–Crippen MR) is 118 cm³/mol. The second-order valence-corrected chi connectivity index (χ2v) is 8.50. The van der Waals surface area contributed by atoms with Crippen LogP contribution in [0.4, 0.5) is 5.69 Å². The molecule has 0 radical (unpaired) electrons. The zero-order valence-corrected chi connectivity index (χ0v) is 17.9. The number of ketones is 1. The fourth-order valence-electron chi connectivity index (χ4n) is 2.90. The van der Waals surface area contributed by atoms with Crippen molar-refractivity contribution < 1.29 is 22.7 Å². The minimum Gasteiger partial charge on any atom is -0.495 e. The monoisotopic (exact) mass is 438 g/mol. The number of benzene rings is 3. The van der Waals surface area contributed by atoms with Crippen LogP contribution in [-0.4, -0.2) is 27.2 Å². The standard InChI is InChI=1S/C23H22N2O5S/c1-16(26)18-9-6-10-20(13-18)25-23(27)19-11-12-21(30-2)22(14-19)31(28,29)24-15-17-7-4-3-5-8-17/h3-14,24H,15H2,1-2H3,(H,25,27). The first-order valence-electron chi connectivity index (χ1n) is 9.44. The second kappa shape index (κ2) is 9.55. The summed E-state index contributed by atoms with van der Waals surface area (Å²) in [6, 6.07) is 19.8. The van der Waals surface area contributed by atoms with Crippen molar-refractivity contribution in [1.82, 2.24) is 4.72 Å². The highest BCUT2D eigenvalue weighted by Gasteiger charge is 2.22. The van der Waals surface area contributed by atoms with Crippen molar-refractivity contribution in [2.45, 2.75) is 18.4 Å². The maximum Gasteiger partial charge on any atom is 0.255 e. The SMILES string of the molecule is COc1ccc(C(=O)Nc2cccc(C(C)=O)c2)cc1S(=O)(=O)NCc1ccccc1. The van der Waals surface area contributed by atoms with Gasteiger partial charge in [0.15, 0.2) is 5.78 Å². The lowest BCUT2D eigenvalue weighted by molar-refractivity contribution is 0.101. The fourth-order valence-corrected chi connectivity index (χ4v) is 4.11. The molecule has 7 nitrogen and oxygen atoms in total. The number of hydrogen-bond donors (Lipinski definition) is 2. The molecule has 0 spiro atoms. The number of ether oxygens (including phenoxy) is 1. The molecule has 31 heavy (non-hydrogen) atoms. The Morgan fingerprint density at radius 2 is 1.65 bits per heavy atom. The molecule has 160 valence electrons. The maximum absolute atomic E-state index is 12.9. The van der Waals surface area contributed by atoms with E-state index in [9.17, 15) is 18.0 Å². The average Bonchev–Trinajstić information content (AvgIpc) is 2.78. The van der Waals surface area contributed by atoms with E-state index in [4.69, 9.17) is 4.74 Å². The van der Waals surface area contributed by atoms with Crippen LogP contribution in [-0.2, 0) is 16.6 Å². The number of nitrogens with one attached hydrogen (secondary N) is 2. The minimum atomic E-state index is -3.95. The van der Waals surface area contributed by atoms with Crippen molar-refractivity contribution in [2.75, 3.05) is 12.4 Å². The highest BCUT2D eigenvalue weighted by molar-refractivity contribution is 7.89. The van der Waals surface area contributed by atoms with E-state index in [1.807, 2.05) is 18.2 Å². The van der Waals surface area contributed by atoms with E-state index in [2.05, 4.69) is 10.0 Å². The molecule has 1 amide bonds. The number of carbonyl (C=O) groups is 2. The van der Waals surface area contributed by atoms with E-state index >= 15 is 0 Å². The average molecular weight is 439 g/mol. The van der Waals surface area contributed by atoms with E-state index in [1.165, 1.54) is 32.2 Å². The number of rotatable bonds is 8. The largest absolute Gasteiger partial charge is 0.495 e. The van der Waals surface area contributed by atoms with E-state index in [0.717, 1.165) is 5.56 Å². The molecule has 0 saturated heterocycles. The molecule has 0 fully saturated rings. The van der Waals surface area contributed by atoms with Crippen LogP contribution in [0.2, 0.25) is 0 Å². The Labute approximate surface area is 181 Å². The summed E-state index contributed by atoms with van der Waals surface area (Å²) in [5.74, 6) is -0.517. The van der Waals surface area contributed by atoms with Gasteiger partial charge in [-0.15, -0.1) is 0 Å². The predicted octanol–water partition coefficient (Wildman–Crippen LogP) is 3.63. The number of amides is 1. The van der Waals surface area contributed by atoms with Crippen LogP contribution >= 0.6 is 0 Å². The molecule has 0 unspecified atom stereocenters. The van der Waals surface area contributed by atoms with Gasteiger partial charge in [0.25, 0.3) is 5.91 Å². The zero-order chi connectivity index (χ0) is 22.4. The van der Waals surface area contributed by atoms with Gasteiger partial charge in [0.2, 0.25) is 10.0 Å². The molecule has 3 aromatic rings. The van der Waals surface area contributed by atoms with Crippen LogP contribution < -0.4 is 14.8 Å². The molecule has 0 aliphatic carbocycles. The summed E-state index contributed by atoms with van der Waals surface area (Å²) < 4.78 is 33.5. The van der Waals surface area contributed by atoms with E-state index in [-0.39, 0.29) is 28.5 Å². The summed E-state index contributed by atoms with van der Waals surface area (Å²) in [6.45, 7) is 1.53. The summed E-state index contributed by atoms with van der Waals surface area (Å²) >= 11 is 0. The Hall–Kier alpha value is -3.49. The second-order valence-electron chi connectivity index (χ2n) is 6.77. The lowest BCUT2D eigenvalue weighted by Gasteiger charge is -2.13. The van der Waals surface area contributed by atoms with Gasteiger partial charge in [0, 0.05) is 23.4 Å². The minimum absolute atomic E-state index is 0.0978. The summed E-state index contributed by atoms with van der Waals surface area (Å²) in [4.78, 5) is 24.1. The summed E-state index contributed by atoms with van der Waals surface area (Å²) in [5, 5.41) is 2.68. The molecule has 3 aromatic carbocycles. The molecular formula is C23H22N2O5S. The van der Waals surface area contributed by atoms with Gasteiger partial charge in [0.1, 0.15) is 10.6 Å². The number of anilines is 1. The Balaban J connectivity index is 1.84. The topological polar surface area (TPSA) is 102 Å². The van der Waals surface area contributed by atoms with Gasteiger partial charge in [0.05, 0.1) is 7.11 Å². The Kier molecular flexibility index (Phi) is 6.84. The fraction of sp³-hybridized carbons (Fsp3) is 0.130. The third-order valence-corrected chi connectivity index (χ3v) is 5.97. The van der Waals surface area contributed by atoms with Crippen LogP contribution in [0.5, 0.6) is 5.75 Å². The first-order valence-corrected chi connectivity index (χ1v) is 10.9. The number of methoxy groups -OCH3 is 1. The first-order chi connectivity index (χ1) is 14.8. The molecule has 0 bridgehead atoms. The van der Waals surface area contributed by atoms with Crippen LogP contribution in [0.25, 0.3) is 0 Å². The van der Waals surface area contributed by atoms with Crippen LogP contribution in [0.1, 0.15) is 33.2 Å². The lowest BCUT2D eigenvalue weighted by atomic mass is 10.1. The number of Topliss-reactive ketones (excluding diaryl/α,β-unsaturated/α-hetero) is 1. The van der Waals surface area contributed by atoms with Crippen molar-refractivity contribution in [3.63, 3.8) is 0 Å². The van der Waals surface area contributed by atoms with Gasteiger partial charge in [-0.05, 0) is 42.8 Å². The molecular weight excluding hydrogens is 416 g/mol. The molecule has 0 atom stereocenters. The smallest absolute Gasteiger partial charge is 0.255 e. The molecule has 0 aliphatic rings. The molecule has 3 rings (SSSR count). The van der Waals surface area contributed by atoms with Crippen molar-refractivity contribution >= 4 is 27.4 Å². The number of hydrogen-bond acceptors (Lipinski definition) is 5. The molecule has 0 aliphatic heterocycles. The van der Waals surface area contributed by atoms with E-state index in [0.29, 0.717) is 11.3 Å². The molecule has 0 aromatic heterocycles. The normalized spacial score (nSPS) is 11.0. The van der Waals surface area contributed by atoms with Crippen LogP contribution in [0.15, 0.2) is 77.7 Å². The third-order valence-electron chi connectivity index (χ3n) is 4.55.